The van der Waals surface area contributed by atoms with Crippen molar-refractivity contribution in [3.63, 3.8) is 0 Å². The number of benzene rings is 1. The summed E-state index contributed by atoms with van der Waals surface area (Å²) in [7, 11) is 0. The van der Waals surface area contributed by atoms with Crippen molar-refractivity contribution >= 4 is 38.5 Å². The summed E-state index contributed by atoms with van der Waals surface area (Å²) >= 11 is 1.46. The Bertz CT molecular complexity index is 730. The molecule has 3 rings (SSSR count). The molecule has 1 atom stereocenters. The number of fused-ring (bicyclic) bond motifs is 1. The number of thiazole rings is 1. The second kappa shape index (κ2) is 6.51. The molecule has 1 saturated heterocycles. The van der Waals surface area contributed by atoms with E-state index in [-0.39, 0.29) is 23.3 Å². The minimum Gasteiger partial charge on any atom is -0.331 e. The molecule has 1 fully saturated rings. The molecule has 1 N–H and O–H groups in total. The summed E-state index contributed by atoms with van der Waals surface area (Å²) in [6.45, 7) is 6.78. The number of likely N-dealkylation sites (tertiary alicyclic amines) is 1. The predicted octanol–water partition coefficient (Wildman–Crippen LogP) is 3.66. The highest BCUT2D eigenvalue weighted by molar-refractivity contribution is 7.22. The van der Waals surface area contributed by atoms with Crippen molar-refractivity contribution in [3.05, 3.63) is 24.3 Å². The maximum Gasteiger partial charge on any atom is 0.248 e. The van der Waals surface area contributed by atoms with Gasteiger partial charge in [0.05, 0.1) is 10.2 Å². The van der Waals surface area contributed by atoms with E-state index in [1.54, 1.807) is 4.90 Å². The van der Waals surface area contributed by atoms with Crippen molar-refractivity contribution in [2.45, 2.75) is 46.1 Å². The third kappa shape index (κ3) is 3.75. The lowest BCUT2D eigenvalue weighted by molar-refractivity contribution is -0.138. The third-order valence-corrected chi connectivity index (χ3v) is 5.03. The molecule has 2 amide bonds. The molecule has 128 valence electrons. The number of hydrogen-bond donors (Lipinski definition) is 1. The Morgan fingerprint density at radius 2 is 2.08 bits per heavy atom. The highest BCUT2D eigenvalue weighted by atomic mass is 32.1. The van der Waals surface area contributed by atoms with Crippen LogP contribution in [0.15, 0.2) is 24.3 Å². The van der Waals surface area contributed by atoms with E-state index in [9.17, 15) is 9.59 Å². The monoisotopic (exact) mass is 345 g/mol. The van der Waals surface area contributed by atoms with Crippen LogP contribution in [0, 0.1) is 5.41 Å². The molecule has 1 unspecified atom stereocenters. The van der Waals surface area contributed by atoms with Crippen molar-refractivity contribution in [2.24, 2.45) is 5.41 Å². The van der Waals surface area contributed by atoms with Gasteiger partial charge in [-0.2, -0.15) is 0 Å². The van der Waals surface area contributed by atoms with Crippen LogP contribution in [0.2, 0.25) is 0 Å². The van der Waals surface area contributed by atoms with Crippen LogP contribution in [-0.2, 0) is 9.59 Å². The Hall–Kier alpha value is -1.95. The first-order valence-corrected chi connectivity index (χ1v) is 9.11. The zero-order chi connectivity index (χ0) is 17.3. The summed E-state index contributed by atoms with van der Waals surface area (Å²) in [5, 5.41) is 3.49. The van der Waals surface area contributed by atoms with Crippen LogP contribution >= 0.6 is 11.3 Å². The van der Waals surface area contributed by atoms with Gasteiger partial charge in [-0.25, -0.2) is 4.98 Å². The summed E-state index contributed by atoms with van der Waals surface area (Å²) in [4.78, 5) is 31.3. The standard InChI is InChI=1S/C18H23N3O2S/c1-18(2,3)11-15(22)21-10-6-8-13(21)16(23)20-17-19-12-7-4-5-9-14(12)24-17/h4-5,7,9,13H,6,8,10-11H2,1-3H3,(H,19,20,23). The lowest BCUT2D eigenvalue weighted by Crippen LogP contribution is -2.44. The van der Waals surface area contributed by atoms with Gasteiger partial charge in [-0.15, -0.1) is 0 Å². The van der Waals surface area contributed by atoms with Gasteiger partial charge >= 0.3 is 0 Å². The molecule has 6 heteroatoms. The van der Waals surface area contributed by atoms with Gasteiger partial charge in [0.2, 0.25) is 11.8 Å². The number of aromatic nitrogens is 1. The topological polar surface area (TPSA) is 62.3 Å². The minimum absolute atomic E-state index is 0.0597. The Balaban J connectivity index is 1.70. The number of carbonyl (C=O) groups excluding carboxylic acids is 2. The Labute approximate surface area is 146 Å². The van der Waals surface area contributed by atoms with Gasteiger partial charge in [0.1, 0.15) is 6.04 Å². The lowest BCUT2D eigenvalue weighted by atomic mass is 9.91. The number of nitrogens with zero attached hydrogens (tertiary/aromatic N) is 2. The molecule has 0 radical (unpaired) electrons. The molecule has 24 heavy (non-hydrogen) atoms. The second-order valence-electron chi connectivity index (χ2n) is 7.46. The normalized spacial score (nSPS) is 18.1. The van der Waals surface area contributed by atoms with Crippen LogP contribution in [0.1, 0.15) is 40.0 Å². The molecule has 0 spiro atoms. The Kier molecular flexibility index (Phi) is 4.58. The summed E-state index contributed by atoms with van der Waals surface area (Å²) in [5.41, 5.74) is 0.804. The maximum atomic E-state index is 12.6. The van der Waals surface area contributed by atoms with Crippen molar-refractivity contribution in [1.82, 2.24) is 9.88 Å². The van der Waals surface area contributed by atoms with E-state index in [0.29, 0.717) is 24.5 Å². The Morgan fingerprint density at radius 3 is 2.79 bits per heavy atom. The van der Waals surface area contributed by atoms with Gasteiger partial charge in [0.15, 0.2) is 5.13 Å². The zero-order valence-corrected chi connectivity index (χ0v) is 15.2. The third-order valence-electron chi connectivity index (χ3n) is 4.08. The average molecular weight is 345 g/mol. The van der Waals surface area contributed by atoms with E-state index in [0.717, 1.165) is 16.6 Å². The smallest absolute Gasteiger partial charge is 0.248 e. The molecule has 1 aliphatic heterocycles. The van der Waals surface area contributed by atoms with Gasteiger partial charge in [0.25, 0.3) is 0 Å². The number of carbonyl (C=O) groups is 2. The van der Waals surface area contributed by atoms with Crippen LogP contribution in [0.5, 0.6) is 0 Å². The van der Waals surface area contributed by atoms with Crippen molar-refractivity contribution in [1.29, 1.82) is 0 Å². The van der Waals surface area contributed by atoms with Crippen LogP contribution in [0.25, 0.3) is 10.2 Å². The van der Waals surface area contributed by atoms with Crippen molar-refractivity contribution in [3.8, 4) is 0 Å². The lowest BCUT2D eigenvalue weighted by Gasteiger charge is -2.27. The van der Waals surface area contributed by atoms with Gasteiger partial charge in [-0.3, -0.25) is 9.59 Å². The summed E-state index contributed by atoms with van der Waals surface area (Å²) in [5.74, 6) is -0.0711. The van der Waals surface area contributed by atoms with E-state index < -0.39 is 0 Å². The van der Waals surface area contributed by atoms with Gasteiger partial charge < -0.3 is 10.2 Å². The minimum atomic E-state index is -0.383. The van der Waals surface area contributed by atoms with Gasteiger partial charge in [-0.1, -0.05) is 44.2 Å². The van der Waals surface area contributed by atoms with E-state index in [2.05, 4.69) is 10.3 Å². The highest BCUT2D eigenvalue weighted by Gasteiger charge is 2.35. The average Bonchev–Trinajstić information content (AvgIpc) is 3.11. The fourth-order valence-corrected chi connectivity index (χ4v) is 3.88. The molecule has 5 nitrogen and oxygen atoms in total. The first kappa shape index (κ1) is 16.9. The molecular formula is C18H23N3O2S. The van der Waals surface area contributed by atoms with Crippen molar-refractivity contribution in [2.75, 3.05) is 11.9 Å². The maximum absolute atomic E-state index is 12.6. The van der Waals surface area contributed by atoms with E-state index in [1.807, 2.05) is 45.0 Å². The molecule has 0 bridgehead atoms. The summed E-state index contributed by atoms with van der Waals surface area (Å²) in [6.07, 6.45) is 2.04. The fourth-order valence-electron chi connectivity index (χ4n) is 3.01. The highest BCUT2D eigenvalue weighted by Crippen LogP contribution is 2.28. The SMILES string of the molecule is CC(C)(C)CC(=O)N1CCCC1C(=O)Nc1nc2ccccc2s1. The molecule has 2 aromatic rings. The second-order valence-corrected chi connectivity index (χ2v) is 8.49. The molecule has 0 saturated carbocycles. The van der Waals surface area contributed by atoms with E-state index in [4.69, 9.17) is 0 Å². The Morgan fingerprint density at radius 1 is 1.33 bits per heavy atom. The molecule has 2 heterocycles. The number of nitrogens with one attached hydrogen (secondary N) is 1. The first-order chi connectivity index (χ1) is 11.3. The number of amides is 2. The van der Waals surface area contributed by atoms with Crippen LogP contribution < -0.4 is 5.32 Å². The fraction of sp³-hybridized carbons (Fsp3) is 0.500. The number of hydrogen-bond acceptors (Lipinski definition) is 4. The number of rotatable bonds is 3. The number of anilines is 1. The summed E-state index contributed by atoms with van der Waals surface area (Å²) < 4.78 is 1.04. The first-order valence-electron chi connectivity index (χ1n) is 8.29. The van der Waals surface area contributed by atoms with E-state index >= 15 is 0 Å². The van der Waals surface area contributed by atoms with Gasteiger partial charge in [-0.05, 0) is 30.4 Å². The van der Waals surface area contributed by atoms with Crippen molar-refractivity contribution < 1.29 is 9.59 Å². The predicted molar refractivity (Wildman–Crippen MR) is 97.1 cm³/mol. The quantitative estimate of drug-likeness (QED) is 0.923. The van der Waals surface area contributed by atoms with Crippen LogP contribution in [0.3, 0.4) is 0 Å². The summed E-state index contributed by atoms with van der Waals surface area (Å²) in [6, 6.07) is 7.41. The van der Waals surface area contributed by atoms with E-state index in [1.165, 1.54) is 11.3 Å². The largest absolute Gasteiger partial charge is 0.331 e. The van der Waals surface area contributed by atoms with Gasteiger partial charge in [0, 0.05) is 13.0 Å². The molecular weight excluding hydrogens is 322 g/mol. The van der Waals surface area contributed by atoms with Crippen LogP contribution in [-0.4, -0.2) is 34.3 Å². The van der Waals surface area contributed by atoms with Crippen LogP contribution in [0.4, 0.5) is 5.13 Å². The molecule has 1 aliphatic rings. The number of para-hydroxylation sites is 1. The molecule has 0 aliphatic carbocycles. The zero-order valence-electron chi connectivity index (χ0n) is 14.3. The molecule has 1 aromatic heterocycles. The molecule has 1 aromatic carbocycles.